The fourth-order valence-corrected chi connectivity index (χ4v) is 5.33. The minimum atomic E-state index is -3.51. The van der Waals surface area contributed by atoms with Crippen LogP contribution < -0.4 is 4.74 Å². The van der Waals surface area contributed by atoms with Gasteiger partial charge in [0.05, 0.1) is 0 Å². The van der Waals surface area contributed by atoms with Crippen molar-refractivity contribution in [2.45, 2.75) is 32.3 Å². The Morgan fingerprint density at radius 1 is 0.933 bits per heavy atom. The van der Waals surface area contributed by atoms with Gasteiger partial charge in [0, 0.05) is 50.9 Å². The molecule has 0 unspecified atom stereocenters. The monoisotopic (exact) mass is 443 g/mol. The Bertz CT molecular complexity index is 847. The molecule has 0 aliphatic carbocycles. The highest BCUT2D eigenvalue weighted by atomic mass is 32.2. The van der Waals surface area contributed by atoms with E-state index in [0.29, 0.717) is 18.7 Å². The molecule has 1 aromatic carbocycles. The van der Waals surface area contributed by atoms with Crippen LogP contribution in [-0.2, 0) is 15.0 Å². The fraction of sp³-hybridized carbons (Fsp3) is 0.550. The number of carbonyl (C=O) groups is 1. The number of alkyl halides is 2. The quantitative estimate of drug-likeness (QED) is 0.634. The zero-order valence-electron chi connectivity index (χ0n) is 16.8. The van der Waals surface area contributed by atoms with Crippen LogP contribution in [0.15, 0.2) is 30.3 Å². The summed E-state index contributed by atoms with van der Waals surface area (Å²) in [5.41, 5.74) is 0.369. The molecule has 0 spiro atoms. The second-order valence-electron chi connectivity index (χ2n) is 7.30. The van der Waals surface area contributed by atoms with Crippen molar-refractivity contribution in [3.05, 3.63) is 35.9 Å². The van der Waals surface area contributed by atoms with Gasteiger partial charge in [0.1, 0.15) is 5.75 Å². The molecule has 7 nitrogen and oxygen atoms in total. The first-order valence-corrected chi connectivity index (χ1v) is 11.5. The molecular formula is C20H27F2N3O4S. The topological polar surface area (TPSA) is 70.2 Å². The van der Waals surface area contributed by atoms with Gasteiger partial charge in [0.2, 0.25) is 5.91 Å². The van der Waals surface area contributed by atoms with Gasteiger partial charge in [-0.25, -0.2) is 0 Å². The highest BCUT2D eigenvalue weighted by molar-refractivity contribution is 7.86. The van der Waals surface area contributed by atoms with Crippen LogP contribution in [0.4, 0.5) is 8.78 Å². The van der Waals surface area contributed by atoms with Crippen molar-refractivity contribution in [1.82, 2.24) is 13.5 Å². The van der Waals surface area contributed by atoms with E-state index in [1.807, 2.05) is 0 Å². The van der Waals surface area contributed by atoms with Crippen molar-refractivity contribution in [3.8, 4) is 5.75 Å². The van der Waals surface area contributed by atoms with Gasteiger partial charge in [0.25, 0.3) is 10.2 Å². The first kappa shape index (κ1) is 22.6. The molecule has 2 aliphatic rings. The van der Waals surface area contributed by atoms with E-state index < -0.39 is 16.8 Å². The number of para-hydroxylation sites is 1. The minimum absolute atomic E-state index is 0.00934. The van der Waals surface area contributed by atoms with Crippen LogP contribution in [-0.4, -0.2) is 73.7 Å². The van der Waals surface area contributed by atoms with Crippen molar-refractivity contribution in [3.63, 3.8) is 0 Å². The second-order valence-corrected chi connectivity index (χ2v) is 9.22. The normalized spacial score (nSPS) is 19.9. The maximum atomic E-state index is 12.9. The molecule has 0 saturated carbocycles. The summed E-state index contributed by atoms with van der Waals surface area (Å²) in [5.74, 6) is -0.307. The van der Waals surface area contributed by atoms with Crippen molar-refractivity contribution in [1.29, 1.82) is 0 Å². The van der Waals surface area contributed by atoms with E-state index in [2.05, 4.69) is 4.74 Å². The first-order chi connectivity index (χ1) is 14.4. The van der Waals surface area contributed by atoms with Crippen molar-refractivity contribution in [2.24, 2.45) is 0 Å². The Labute approximate surface area is 176 Å². The predicted octanol–water partition coefficient (Wildman–Crippen LogP) is 2.57. The third-order valence-electron chi connectivity index (χ3n) is 5.31. The van der Waals surface area contributed by atoms with Crippen molar-refractivity contribution >= 4 is 22.2 Å². The summed E-state index contributed by atoms with van der Waals surface area (Å²) in [6, 6.07) is 6.21. The summed E-state index contributed by atoms with van der Waals surface area (Å²) < 4.78 is 58.2. The van der Waals surface area contributed by atoms with Crippen molar-refractivity contribution in [2.75, 3.05) is 39.3 Å². The summed E-state index contributed by atoms with van der Waals surface area (Å²) in [7, 11) is -3.51. The number of benzene rings is 1. The maximum absolute atomic E-state index is 12.9. The molecule has 2 saturated heterocycles. The van der Waals surface area contributed by atoms with Gasteiger partial charge in [-0.3, -0.25) is 4.79 Å². The van der Waals surface area contributed by atoms with E-state index in [9.17, 15) is 22.0 Å². The number of amides is 1. The lowest BCUT2D eigenvalue weighted by molar-refractivity contribution is -0.127. The first-order valence-electron chi connectivity index (χ1n) is 10.1. The van der Waals surface area contributed by atoms with Crippen LogP contribution >= 0.6 is 0 Å². The molecule has 0 radical (unpaired) electrons. The number of piperazine rings is 1. The van der Waals surface area contributed by atoms with E-state index in [-0.39, 0.29) is 37.8 Å². The summed E-state index contributed by atoms with van der Waals surface area (Å²) in [4.78, 5) is 14.0. The Balaban J connectivity index is 1.57. The number of nitrogens with zero attached hydrogens (tertiary/aromatic N) is 3. The van der Waals surface area contributed by atoms with Gasteiger partial charge < -0.3 is 9.64 Å². The molecule has 1 aromatic rings. The second kappa shape index (κ2) is 10.3. The van der Waals surface area contributed by atoms with E-state index in [1.165, 1.54) is 22.5 Å². The molecule has 2 heterocycles. The van der Waals surface area contributed by atoms with Crippen molar-refractivity contribution < 1.29 is 26.7 Å². The molecule has 30 heavy (non-hydrogen) atoms. The Morgan fingerprint density at radius 3 is 2.17 bits per heavy atom. The molecule has 0 N–H and O–H groups in total. The molecule has 2 aliphatic heterocycles. The van der Waals surface area contributed by atoms with E-state index in [0.717, 1.165) is 25.7 Å². The molecule has 0 atom stereocenters. The molecule has 0 aromatic heterocycles. The third-order valence-corrected chi connectivity index (χ3v) is 7.34. The lowest BCUT2D eigenvalue weighted by atomic mass is 10.2. The summed E-state index contributed by atoms with van der Waals surface area (Å²) in [5, 5.41) is 0. The van der Waals surface area contributed by atoms with E-state index >= 15 is 0 Å². The highest BCUT2D eigenvalue weighted by Crippen LogP contribution is 2.22. The largest absolute Gasteiger partial charge is 0.434 e. The Kier molecular flexibility index (Phi) is 7.79. The smallest absolute Gasteiger partial charge is 0.387 e. The van der Waals surface area contributed by atoms with Crippen LogP contribution in [0.2, 0.25) is 0 Å². The van der Waals surface area contributed by atoms with E-state index in [4.69, 9.17) is 0 Å². The Morgan fingerprint density at radius 2 is 1.53 bits per heavy atom. The molecule has 2 fully saturated rings. The van der Waals surface area contributed by atoms with Gasteiger partial charge in [0.15, 0.2) is 0 Å². The number of hydrogen-bond acceptors (Lipinski definition) is 4. The third kappa shape index (κ3) is 5.77. The van der Waals surface area contributed by atoms with Crippen LogP contribution in [0.25, 0.3) is 6.08 Å². The average molecular weight is 444 g/mol. The van der Waals surface area contributed by atoms with Crippen LogP contribution in [0.5, 0.6) is 5.75 Å². The highest BCUT2D eigenvalue weighted by Gasteiger charge is 2.33. The van der Waals surface area contributed by atoms with Gasteiger partial charge >= 0.3 is 6.61 Å². The number of hydrogen-bond donors (Lipinski definition) is 0. The average Bonchev–Trinajstić information content (AvgIpc) is 3.03. The van der Waals surface area contributed by atoms with Gasteiger partial charge in [-0.2, -0.15) is 25.8 Å². The predicted molar refractivity (Wildman–Crippen MR) is 109 cm³/mol. The zero-order valence-corrected chi connectivity index (χ0v) is 17.6. The summed E-state index contributed by atoms with van der Waals surface area (Å²) in [6.45, 7) is -0.812. The standard InChI is InChI=1S/C20H27F2N3O4S/c21-20(22)29-18-8-4-3-7-17(18)9-10-19(26)23-13-15-25(16-14-23)30(27,28)24-11-5-1-2-6-12-24/h3-4,7-10,20H,1-2,5-6,11-16H2/b10-9+. The number of halogens is 2. The lowest BCUT2D eigenvalue weighted by Crippen LogP contribution is -2.54. The fourth-order valence-electron chi connectivity index (χ4n) is 3.66. The molecule has 1 amide bonds. The minimum Gasteiger partial charge on any atom is -0.434 e. The number of ether oxygens (including phenoxy) is 1. The zero-order chi connectivity index (χ0) is 21.6. The number of carbonyl (C=O) groups excluding carboxylic acids is 1. The lowest BCUT2D eigenvalue weighted by Gasteiger charge is -2.36. The molecule has 10 heteroatoms. The van der Waals surface area contributed by atoms with Crippen LogP contribution in [0, 0.1) is 0 Å². The van der Waals surface area contributed by atoms with Crippen LogP contribution in [0.1, 0.15) is 31.2 Å². The van der Waals surface area contributed by atoms with E-state index in [1.54, 1.807) is 27.4 Å². The molecular weight excluding hydrogens is 416 g/mol. The summed E-state index contributed by atoms with van der Waals surface area (Å²) in [6.07, 6.45) is 6.57. The van der Waals surface area contributed by atoms with Gasteiger partial charge in [-0.05, 0) is 25.0 Å². The Hall–Kier alpha value is -2.04. The van der Waals surface area contributed by atoms with Gasteiger partial charge in [-0.1, -0.05) is 31.0 Å². The molecule has 166 valence electrons. The van der Waals surface area contributed by atoms with Crippen LogP contribution in [0.3, 0.4) is 0 Å². The molecule has 0 bridgehead atoms. The number of rotatable bonds is 6. The SMILES string of the molecule is O=C(/C=C/c1ccccc1OC(F)F)N1CCN(S(=O)(=O)N2CCCCCC2)CC1. The van der Waals surface area contributed by atoms with Gasteiger partial charge in [-0.15, -0.1) is 0 Å². The molecule has 3 rings (SSSR count). The maximum Gasteiger partial charge on any atom is 0.387 e. The summed E-state index contributed by atoms with van der Waals surface area (Å²) >= 11 is 0.